The maximum atomic E-state index is 4.30. The van der Waals surface area contributed by atoms with Crippen molar-refractivity contribution >= 4 is 73.2 Å². The normalized spacial score (nSPS) is 15.6. The van der Waals surface area contributed by atoms with E-state index in [1.807, 2.05) is 17.4 Å². The molecule has 0 saturated heterocycles. The molecule has 2 aliphatic rings. The van der Waals surface area contributed by atoms with Crippen molar-refractivity contribution in [2.45, 2.75) is 40.0 Å². The van der Waals surface area contributed by atoms with Gasteiger partial charge in [0, 0.05) is 71.8 Å². The summed E-state index contributed by atoms with van der Waals surface area (Å²) in [7, 11) is 0. The van der Waals surface area contributed by atoms with Crippen LogP contribution in [-0.2, 0) is 6.42 Å². The number of thiophene rings is 1. The summed E-state index contributed by atoms with van der Waals surface area (Å²) in [4.78, 5) is 1.40. The molecule has 3 aromatic heterocycles. The second-order valence-corrected chi connectivity index (χ2v) is 15.1. The maximum absolute atomic E-state index is 4.30. The molecule has 3 heteroatoms. The molecule has 0 aliphatic heterocycles. The molecule has 0 spiro atoms. The average Bonchev–Trinajstić information content (AvgIpc) is 3.67. The number of hydrogen-bond donors (Lipinski definition) is 0. The molecule has 0 radical (unpaired) electrons. The van der Waals surface area contributed by atoms with Gasteiger partial charge >= 0.3 is 0 Å². The molecule has 9 rings (SSSR count). The molecule has 2 aliphatic carbocycles. The van der Waals surface area contributed by atoms with E-state index in [1.54, 1.807) is 0 Å². The highest BCUT2D eigenvalue weighted by molar-refractivity contribution is 7.19. The lowest BCUT2D eigenvalue weighted by molar-refractivity contribution is 0.985. The molecule has 1 atom stereocenters. The van der Waals surface area contributed by atoms with Gasteiger partial charge in [0.25, 0.3) is 0 Å². The molecule has 53 heavy (non-hydrogen) atoms. The number of allylic oxidation sites excluding steroid dienone is 9. The molecule has 3 heterocycles. The quantitative estimate of drug-likeness (QED) is 0.133. The van der Waals surface area contributed by atoms with Crippen LogP contribution in [0.4, 0.5) is 0 Å². The molecule has 0 fully saturated rings. The number of aromatic nitrogens is 2. The van der Waals surface area contributed by atoms with Crippen molar-refractivity contribution in [3.05, 3.63) is 178 Å². The van der Waals surface area contributed by atoms with E-state index in [4.69, 9.17) is 0 Å². The lowest BCUT2D eigenvalue weighted by Crippen LogP contribution is -2.02. The largest absolute Gasteiger partial charge is 0.316 e. The van der Waals surface area contributed by atoms with E-state index in [0.29, 0.717) is 5.92 Å². The van der Waals surface area contributed by atoms with Gasteiger partial charge in [0.05, 0.1) is 16.7 Å². The molecule has 4 aromatic carbocycles. The summed E-state index contributed by atoms with van der Waals surface area (Å²) in [5.74, 6) is 0.333. The summed E-state index contributed by atoms with van der Waals surface area (Å²) >= 11 is 1.92. The molecule has 0 saturated carbocycles. The van der Waals surface area contributed by atoms with Crippen molar-refractivity contribution in [3.63, 3.8) is 0 Å². The third-order valence-electron chi connectivity index (χ3n) is 10.8. The lowest BCUT2D eigenvalue weighted by Gasteiger charge is -2.15. The SMILES string of the molecule is C=Cc1c(/C=C\C)c2cccc(-c3cccc4c3c3c(n4/C(C)=C/c4c(CC(/C=C\C)=C/C)sc5ccccc45)[C@@H]4C=C4C=C3)c2n1-c1ccccc1. The molecule has 0 bridgehead atoms. The van der Waals surface area contributed by atoms with Crippen molar-refractivity contribution in [2.75, 3.05) is 0 Å². The van der Waals surface area contributed by atoms with Crippen LogP contribution in [0.5, 0.6) is 0 Å². The Bertz CT molecular complexity index is 2800. The molecular formula is C50H42N2S. The summed E-state index contributed by atoms with van der Waals surface area (Å²) in [6.07, 6.45) is 23.4. The van der Waals surface area contributed by atoms with Crippen molar-refractivity contribution in [2.24, 2.45) is 0 Å². The average molecular weight is 703 g/mol. The Kier molecular flexibility index (Phi) is 8.25. The maximum Gasteiger partial charge on any atom is 0.0619 e. The van der Waals surface area contributed by atoms with E-state index >= 15 is 0 Å². The molecule has 258 valence electrons. The summed E-state index contributed by atoms with van der Waals surface area (Å²) in [6, 6.07) is 33.2. The predicted octanol–water partition coefficient (Wildman–Crippen LogP) is 14.3. The third kappa shape index (κ3) is 5.30. The zero-order valence-corrected chi connectivity index (χ0v) is 31.5. The van der Waals surface area contributed by atoms with Gasteiger partial charge in [-0.2, -0.15) is 0 Å². The Morgan fingerprint density at radius 3 is 2.38 bits per heavy atom. The summed E-state index contributed by atoms with van der Waals surface area (Å²) in [5.41, 5.74) is 16.3. The fourth-order valence-electron chi connectivity index (χ4n) is 8.51. The van der Waals surface area contributed by atoms with E-state index in [1.165, 1.54) is 87.1 Å². The van der Waals surface area contributed by atoms with Crippen molar-refractivity contribution < 1.29 is 0 Å². The fourth-order valence-corrected chi connectivity index (χ4v) is 9.73. The van der Waals surface area contributed by atoms with Gasteiger partial charge in [0.15, 0.2) is 0 Å². The predicted molar refractivity (Wildman–Crippen MR) is 233 cm³/mol. The van der Waals surface area contributed by atoms with Crippen LogP contribution in [0.3, 0.4) is 0 Å². The third-order valence-corrected chi connectivity index (χ3v) is 12.0. The highest BCUT2D eigenvalue weighted by atomic mass is 32.1. The van der Waals surface area contributed by atoms with Crippen molar-refractivity contribution in [1.82, 2.24) is 9.13 Å². The van der Waals surface area contributed by atoms with Gasteiger partial charge in [-0.25, -0.2) is 0 Å². The first-order chi connectivity index (χ1) is 26.1. The highest BCUT2D eigenvalue weighted by Crippen LogP contribution is 2.52. The second kappa shape index (κ2) is 13.3. The Morgan fingerprint density at radius 2 is 1.58 bits per heavy atom. The Balaban J connectivity index is 1.31. The fraction of sp³-hybridized carbons (Fsp3) is 0.120. The van der Waals surface area contributed by atoms with Crippen LogP contribution in [0.2, 0.25) is 0 Å². The topological polar surface area (TPSA) is 9.86 Å². The number of nitrogens with zero attached hydrogens (tertiary/aromatic N) is 2. The summed E-state index contributed by atoms with van der Waals surface area (Å²) in [5, 5.41) is 3.84. The van der Waals surface area contributed by atoms with Crippen molar-refractivity contribution in [3.8, 4) is 16.8 Å². The van der Waals surface area contributed by atoms with Crippen LogP contribution in [-0.4, -0.2) is 9.13 Å². The van der Waals surface area contributed by atoms with E-state index in [2.05, 4.69) is 189 Å². The number of benzene rings is 4. The van der Waals surface area contributed by atoms with Gasteiger partial charge in [-0.05, 0) is 86.4 Å². The number of para-hydroxylation sites is 2. The van der Waals surface area contributed by atoms with Crippen LogP contribution in [0.25, 0.3) is 78.7 Å². The summed E-state index contributed by atoms with van der Waals surface area (Å²) < 4.78 is 6.28. The van der Waals surface area contributed by atoms with Crippen LogP contribution >= 0.6 is 11.3 Å². The monoisotopic (exact) mass is 702 g/mol. The van der Waals surface area contributed by atoms with E-state index in [0.717, 1.165) is 17.8 Å². The van der Waals surface area contributed by atoms with Crippen LogP contribution in [0.1, 0.15) is 66.6 Å². The van der Waals surface area contributed by atoms with E-state index in [-0.39, 0.29) is 0 Å². The smallest absolute Gasteiger partial charge is 0.0619 e. The minimum Gasteiger partial charge on any atom is -0.316 e. The van der Waals surface area contributed by atoms with E-state index < -0.39 is 0 Å². The van der Waals surface area contributed by atoms with Gasteiger partial charge in [0.1, 0.15) is 0 Å². The van der Waals surface area contributed by atoms with Gasteiger partial charge in [-0.3, -0.25) is 0 Å². The van der Waals surface area contributed by atoms with Gasteiger partial charge < -0.3 is 9.13 Å². The van der Waals surface area contributed by atoms with Crippen molar-refractivity contribution in [1.29, 1.82) is 0 Å². The first-order valence-electron chi connectivity index (χ1n) is 18.6. The molecule has 2 nitrogen and oxygen atoms in total. The minimum absolute atomic E-state index is 0.333. The van der Waals surface area contributed by atoms with Gasteiger partial charge in [0.2, 0.25) is 0 Å². The zero-order chi connectivity index (χ0) is 36.2. The van der Waals surface area contributed by atoms with E-state index in [9.17, 15) is 0 Å². The van der Waals surface area contributed by atoms with Crippen LogP contribution < -0.4 is 0 Å². The number of fused-ring (bicyclic) bond motifs is 7. The Hall–Kier alpha value is -5.90. The first kappa shape index (κ1) is 33.0. The van der Waals surface area contributed by atoms with Gasteiger partial charge in [-0.15, -0.1) is 11.3 Å². The first-order valence-corrected chi connectivity index (χ1v) is 19.4. The molecule has 0 amide bonds. The second-order valence-electron chi connectivity index (χ2n) is 13.9. The molecule has 7 aromatic rings. The highest BCUT2D eigenvalue weighted by Gasteiger charge is 2.35. The molecular weight excluding hydrogens is 661 g/mol. The molecule has 0 N–H and O–H groups in total. The molecule has 0 unspecified atom stereocenters. The lowest BCUT2D eigenvalue weighted by atomic mass is 9.93. The van der Waals surface area contributed by atoms with Gasteiger partial charge in [-0.1, -0.05) is 122 Å². The Morgan fingerprint density at radius 1 is 0.811 bits per heavy atom. The van der Waals surface area contributed by atoms with Crippen LogP contribution in [0.15, 0.2) is 145 Å². The zero-order valence-electron chi connectivity index (χ0n) is 30.7. The van der Waals surface area contributed by atoms with Crippen LogP contribution in [0, 0.1) is 0 Å². The summed E-state index contributed by atoms with van der Waals surface area (Å²) in [6.45, 7) is 12.9. The number of hydrogen-bond acceptors (Lipinski definition) is 1. The minimum atomic E-state index is 0.333. The number of rotatable bonds is 9. The standard InChI is InChI=1S/C50H42N2S/c1-6-17-33(8-3)30-47-43(37-21-13-14-26-46(37)53-47)29-32(5)51-45-25-16-22-38(48(45)41-28-27-34-31-42(34)50(41)51)40-24-15-23-39-36(18-7-2)44(9-4)52(49(39)40)35-19-11-10-12-20-35/h6-29,31,42H,4,30H2,1-3,5H3/b17-6-,18-7-,32-29+,33-8+/t42-/m1/s1. The Labute approximate surface area is 316 Å².